The van der Waals surface area contributed by atoms with Crippen molar-refractivity contribution in [1.82, 2.24) is 4.90 Å². The first-order valence-electron chi connectivity index (χ1n) is 7.51. The SMILES string of the molecule is CC(C)(C)N1CCC2(CC1)Cc1ccccc1[C@@H]2N. The minimum atomic E-state index is 0.241. The predicted molar refractivity (Wildman–Crippen MR) is 80.1 cm³/mol. The summed E-state index contributed by atoms with van der Waals surface area (Å²) < 4.78 is 0. The van der Waals surface area contributed by atoms with Crippen molar-refractivity contribution in [2.75, 3.05) is 13.1 Å². The van der Waals surface area contributed by atoms with Crippen molar-refractivity contribution in [2.24, 2.45) is 11.1 Å². The van der Waals surface area contributed by atoms with Crippen LogP contribution >= 0.6 is 0 Å². The van der Waals surface area contributed by atoms with Gasteiger partial charge in [0.15, 0.2) is 0 Å². The van der Waals surface area contributed by atoms with Gasteiger partial charge in [0.1, 0.15) is 0 Å². The maximum absolute atomic E-state index is 6.59. The highest BCUT2D eigenvalue weighted by Gasteiger charge is 2.46. The molecule has 1 fully saturated rings. The molecule has 2 N–H and O–H groups in total. The molecule has 19 heavy (non-hydrogen) atoms. The molecular weight excluding hydrogens is 232 g/mol. The normalized spacial score (nSPS) is 26.6. The van der Waals surface area contributed by atoms with Gasteiger partial charge >= 0.3 is 0 Å². The van der Waals surface area contributed by atoms with Gasteiger partial charge in [-0.1, -0.05) is 24.3 Å². The first kappa shape index (κ1) is 13.1. The molecule has 1 aromatic carbocycles. The fourth-order valence-corrected chi connectivity index (χ4v) is 3.93. The monoisotopic (exact) mass is 258 g/mol. The quantitative estimate of drug-likeness (QED) is 0.774. The first-order chi connectivity index (χ1) is 8.92. The third-order valence-corrected chi connectivity index (χ3v) is 5.30. The highest BCUT2D eigenvalue weighted by molar-refractivity contribution is 5.38. The van der Waals surface area contributed by atoms with Gasteiger partial charge in [0, 0.05) is 11.6 Å². The number of hydrogen-bond acceptors (Lipinski definition) is 2. The van der Waals surface area contributed by atoms with Crippen LogP contribution < -0.4 is 5.73 Å². The molecule has 1 aliphatic carbocycles. The van der Waals surface area contributed by atoms with E-state index in [0.29, 0.717) is 5.41 Å². The highest BCUT2D eigenvalue weighted by atomic mass is 15.2. The van der Waals surface area contributed by atoms with Crippen molar-refractivity contribution in [3.63, 3.8) is 0 Å². The Bertz CT molecular complexity index is 464. The maximum atomic E-state index is 6.59. The molecule has 1 aliphatic heterocycles. The summed E-state index contributed by atoms with van der Waals surface area (Å²) in [4.78, 5) is 2.61. The molecule has 2 heteroatoms. The van der Waals surface area contributed by atoms with Crippen LogP contribution in [0.1, 0.15) is 50.8 Å². The second-order valence-corrected chi connectivity index (χ2v) is 7.37. The number of nitrogens with zero attached hydrogens (tertiary/aromatic N) is 1. The summed E-state index contributed by atoms with van der Waals surface area (Å²) in [5.41, 5.74) is 10.1. The number of nitrogens with two attached hydrogens (primary N) is 1. The molecule has 3 rings (SSSR count). The second-order valence-electron chi connectivity index (χ2n) is 7.37. The summed E-state index contributed by atoms with van der Waals surface area (Å²) in [5, 5.41) is 0. The molecule has 0 radical (unpaired) electrons. The van der Waals surface area contributed by atoms with Crippen molar-refractivity contribution in [1.29, 1.82) is 0 Å². The van der Waals surface area contributed by atoms with E-state index in [2.05, 4.69) is 49.9 Å². The van der Waals surface area contributed by atoms with Gasteiger partial charge in [-0.2, -0.15) is 0 Å². The molecular formula is C17H26N2. The third kappa shape index (κ3) is 2.11. The van der Waals surface area contributed by atoms with Crippen molar-refractivity contribution < 1.29 is 0 Å². The van der Waals surface area contributed by atoms with Gasteiger partial charge in [-0.05, 0) is 69.7 Å². The number of hydrogen-bond donors (Lipinski definition) is 1. The zero-order valence-electron chi connectivity index (χ0n) is 12.4. The Morgan fingerprint density at radius 1 is 1.16 bits per heavy atom. The van der Waals surface area contributed by atoms with Crippen molar-refractivity contribution in [3.05, 3.63) is 35.4 Å². The van der Waals surface area contributed by atoms with Gasteiger partial charge < -0.3 is 5.73 Å². The number of rotatable bonds is 0. The van der Waals surface area contributed by atoms with E-state index < -0.39 is 0 Å². The maximum Gasteiger partial charge on any atom is 0.0359 e. The van der Waals surface area contributed by atoms with Crippen LogP contribution in [-0.2, 0) is 6.42 Å². The highest BCUT2D eigenvalue weighted by Crippen LogP contribution is 2.51. The Morgan fingerprint density at radius 2 is 1.79 bits per heavy atom. The van der Waals surface area contributed by atoms with Gasteiger partial charge in [-0.25, -0.2) is 0 Å². The number of fused-ring (bicyclic) bond motifs is 1. The summed E-state index contributed by atoms with van der Waals surface area (Å²) in [7, 11) is 0. The first-order valence-corrected chi connectivity index (χ1v) is 7.51. The summed E-state index contributed by atoms with van der Waals surface area (Å²) in [6.07, 6.45) is 3.66. The average Bonchev–Trinajstić information content (AvgIpc) is 2.63. The molecule has 1 aromatic rings. The van der Waals surface area contributed by atoms with Gasteiger partial charge in [0.25, 0.3) is 0 Å². The molecule has 2 nitrogen and oxygen atoms in total. The van der Waals surface area contributed by atoms with Crippen LogP contribution in [0, 0.1) is 5.41 Å². The average molecular weight is 258 g/mol. The number of benzene rings is 1. The molecule has 2 aliphatic rings. The Kier molecular flexibility index (Phi) is 2.99. The number of likely N-dealkylation sites (tertiary alicyclic amines) is 1. The van der Waals surface area contributed by atoms with Crippen LogP contribution in [0.4, 0.5) is 0 Å². The van der Waals surface area contributed by atoms with E-state index in [-0.39, 0.29) is 11.6 Å². The van der Waals surface area contributed by atoms with E-state index in [0.717, 1.165) is 0 Å². The molecule has 104 valence electrons. The Labute approximate surface area is 117 Å². The minimum absolute atomic E-state index is 0.241. The third-order valence-electron chi connectivity index (χ3n) is 5.30. The molecule has 0 bridgehead atoms. The zero-order valence-corrected chi connectivity index (χ0v) is 12.4. The largest absolute Gasteiger partial charge is 0.323 e. The molecule has 0 saturated carbocycles. The van der Waals surface area contributed by atoms with Crippen LogP contribution in [0.25, 0.3) is 0 Å². The van der Waals surface area contributed by atoms with E-state index in [4.69, 9.17) is 5.73 Å². The van der Waals surface area contributed by atoms with Crippen LogP contribution in [-0.4, -0.2) is 23.5 Å². The van der Waals surface area contributed by atoms with E-state index in [1.54, 1.807) is 0 Å². The molecule has 1 heterocycles. The fourth-order valence-electron chi connectivity index (χ4n) is 3.93. The lowest BCUT2D eigenvalue weighted by Crippen LogP contribution is -2.50. The van der Waals surface area contributed by atoms with E-state index in [9.17, 15) is 0 Å². The van der Waals surface area contributed by atoms with Gasteiger partial charge in [-0.3, -0.25) is 4.90 Å². The van der Waals surface area contributed by atoms with Crippen molar-refractivity contribution in [3.8, 4) is 0 Å². The Hall–Kier alpha value is -0.860. The van der Waals surface area contributed by atoms with Gasteiger partial charge in [-0.15, -0.1) is 0 Å². The van der Waals surface area contributed by atoms with Crippen LogP contribution in [0.3, 0.4) is 0 Å². The lowest BCUT2D eigenvalue weighted by atomic mass is 9.72. The van der Waals surface area contributed by atoms with Crippen molar-refractivity contribution >= 4 is 0 Å². The zero-order chi connectivity index (χ0) is 13.7. The fraction of sp³-hybridized carbons (Fsp3) is 0.647. The predicted octanol–water partition coefficient (Wildman–Crippen LogP) is 3.12. The van der Waals surface area contributed by atoms with E-state index >= 15 is 0 Å². The standard InChI is InChI=1S/C17H26N2/c1-16(2,3)19-10-8-17(9-11-19)12-13-6-4-5-7-14(13)15(17)18/h4-7,15H,8-12,18H2,1-3H3/t15-/m0/s1. The molecule has 1 saturated heterocycles. The second kappa shape index (κ2) is 4.32. The van der Waals surface area contributed by atoms with Crippen LogP contribution in [0.15, 0.2) is 24.3 Å². The lowest BCUT2D eigenvalue weighted by Gasteiger charge is -2.47. The summed E-state index contributed by atoms with van der Waals surface area (Å²) in [6.45, 7) is 9.31. The van der Waals surface area contributed by atoms with Crippen molar-refractivity contribution in [2.45, 2.75) is 51.6 Å². The molecule has 0 aromatic heterocycles. The molecule has 1 atom stereocenters. The topological polar surface area (TPSA) is 29.3 Å². The number of piperidine rings is 1. The Morgan fingerprint density at radius 3 is 2.37 bits per heavy atom. The summed E-state index contributed by atoms with van der Waals surface area (Å²) in [5.74, 6) is 0. The molecule has 0 unspecified atom stereocenters. The lowest BCUT2D eigenvalue weighted by molar-refractivity contribution is 0.0345. The molecule has 0 amide bonds. The summed E-state index contributed by atoms with van der Waals surface area (Å²) >= 11 is 0. The minimum Gasteiger partial charge on any atom is -0.323 e. The smallest absolute Gasteiger partial charge is 0.0359 e. The van der Waals surface area contributed by atoms with E-state index in [1.807, 2.05) is 0 Å². The van der Waals surface area contributed by atoms with Crippen LogP contribution in [0.2, 0.25) is 0 Å². The summed E-state index contributed by atoms with van der Waals surface area (Å²) in [6, 6.07) is 9.01. The van der Waals surface area contributed by atoms with Crippen LogP contribution in [0.5, 0.6) is 0 Å². The molecule has 1 spiro atoms. The van der Waals surface area contributed by atoms with Gasteiger partial charge in [0.2, 0.25) is 0 Å². The Balaban J connectivity index is 1.79. The van der Waals surface area contributed by atoms with Gasteiger partial charge in [0.05, 0.1) is 0 Å². The van der Waals surface area contributed by atoms with E-state index in [1.165, 1.54) is 43.5 Å².